The van der Waals surface area contributed by atoms with E-state index in [1.807, 2.05) is 6.07 Å². The number of rotatable bonds is 4. The fraction of sp³-hybridized carbons (Fsp3) is 0.200. The van der Waals surface area contributed by atoms with Crippen LogP contribution in [0.5, 0.6) is 0 Å². The van der Waals surface area contributed by atoms with E-state index < -0.39 is 5.91 Å². The van der Waals surface area contributed by atoms with Gasteiger partial charge >= 0.3 is 0 Å². The SMILES string of the molecule is Cn1nc(C(=O)NCCn2cc(Cl)cn2)c(=O)c2ccccc21. The number of aryl methyl sites for hydroxylation is 1. The molecule has 8 heteroatoms. The fourth-order valence-electron chi connectivity index (χ4n) is 2.30. The Bertz CT molecular complexity index is 931. The third-order valence-electron chi connectivity index (χ3n) is 3.41. The summed E-state index contributed by atoms with van der Waals surface area (Å²) in [6, 6.07) is 7.04. The Kier molecular flexibility index (Phi) is 4.12. The highest BCUT2D eigenvalue weighted by Gasteiger charge is 2.15. The summed E-state index contributed by atoms with van der Waals surface area (Å²) >= 11 is 5.77. The average molecular weight is 332 g/mol. The van der Waals surface area contributed by atoms with Crippen LogP contribution >= 0.6 is 11.6 Å². The summed E-state index contributed by atoms with van der Waals surface area (Å²) in [4.78, 5) is 24.6. The molecule has 2 heterocycles. The van der Waals surface area contributed by atoms with Crippen LogP contribution in [0.2, 0.25) is 5.02 Å². The van der Waals surface area contributed by atoms with E-state index in [2.05, 4.69) is 15.5 Å². The van der Waals surface area contributed by atoms with Crippen molar-refractivity contribution in [3.8, 4) is 0 Å². The van der Waals surface area contributed by atoms with Gasteiger partial charge in [0.2, 0.25) is 5.43 Å². The third kappa shape index (κ3) is 3.09. The Labute approximate surface area is 136 Å². The topological polar surface area (TPSA) is 81.8 Å². The number of hydrogen-bond donors (Lipinski definition) is 1. The van der Waals surface area contributed by atoms with Crippen molar-refractivity contribution in [2.24, 2.45) is 7.05 Å². The molecule has 0 atom stereocenters. The summed E-state index contributed by atoms with van der Waals surface area (Å²) in [5.74, 6) is -0.505. The molecule has 0 saturated carbocycles. The lowest BCUT2D eigenvalue weighted by Gasteiger charge is -2.08. The Hall–Kier alpha value is -2.67. The summed E-state index contributed by atoms with van der Waals surface area (Å²) in [7, 11) is 1.70. The molecule has 0 radical (unpaired) electrons. The smallest absolute Gasteiger partial charge is 0.275 e. The van der Waals surface area contributed by atoms with Crippen LogP contribution < -0.4 is 10.7 Å². The maximum atomic E-state index is 12.4. The minimum absolute atomic E-state index is 0.121. The Balaban J connectivity index is 1.78. The van der Waals surface area contributed by atoms with Crippen molar-refractivity contribution in [1.82, 2.24) is 24.9 Å². The van der Waals surface area contributed by atoms with Crippen LogP contribution in [0.15, 0.2) is 41.5 Å². The van der Waals surface area contributed by atoms with Crippen LogP contribution in [-0.4, -0.2) is 32.0 Å². The molecule has 7 nitrogen and oxygen atoms in total. The predicted octanol–water partition coefficient (Wildman–Crippen LogP) is 1.21. The second-order valence-electron chi connectivity index (χ2n) is 5.00. The molecule has 0 saturated heterocycles. The molecule has 0 aliphatic carbocycles. The first-order valence-corrected chi connectivity index (χ1v) is 7.36. The summed E-state index contributed by atoms with van der Waals surface area (Å²) in [6.07, 6.45) is 3.17. The summed E-state index contributed by atoms with van der Waals surface area (Å²) in [5.41, 5.74) is 0.184. The zero-order chi connectivity index (χ0) is 16.4. The van der Waals surface area contributed by atoms with Crippen molar-refractivity contribution in [2.75, 3.05) is 6.54 Å². The van der Waals surface area contributed by atoms with Crippen LogP contribution in [0.4, 0.5) is 0 Å². The number of hydrogen-bond acceptors (Lipinski definition) is 4. The molecular formula is C15H14ClN5O2. The highest BCUT2D eigenvalue weighted by atomic mass is 35.5. The molecule has 0 bridgehead atoms. The molecule has 1 amide bonds. The van der Waals surface area contributed by atoms with Crippen LogP contribution in [0.25, 0.3) is 10.9 Å². The van der Waals surface area contributed by atoms with Gasteiger partial charge in [-0.25, -0.2) is 0 Å². The molecular weight excluding hydrogens is 318 g/mol. The molecule has 3 rings (SSSR count). The van der Waals surface area contributed by atoms with Crippen molar-refractivity contribution >= 4 is 28.4 Å². The number of halogens is 1. The van der Waals surface area contributed by atoms with Gasteiger partial charge in [-0.1, -0.05) is 23.7 Å². The molecule has 23 heavy (non-hydrogen) atoms. The van der Waals surface area contributed by atoms with Crippen LogP contribution in [0, 0.1) is 0 Å². The van der Waals surface area contributed by atoms with Gasteiger partial charge in [0, 0.05) is 25.2 Å². The maximum absolute atomic E-state index is 12.4. The first-order chi connectivity index (χ1) is 11.1. The lowest BCUT2D eigenvalue weighted by molar-refractivity contribution is 0.0944. The minimum Gasteiger partial charge on any atom is -0.349 e. The predicted molar refractivity (Wildman–Crippen MR) is 86.6 cm³/mol. The summed E-state index contributed by atoms with van der Waals surface area (Å²) in [5, 5.41) is 11.8. The standard InChI is InChI=1S/C15H14ClN5O2/c1-20-12-5-3-2-4-11(12)14(22)13(19-20)15(23)17-6-7-21-9-10(16)8-18-21/h2-5,8-9H,6-7H2,1H3,(H,17,23). The molecule has 1 N–H and O–H groups in total. The lowest BCUT2D eigenvalue weighted by atomic mass is 10.2. The van der Waals surface area contributed by atoms with Gasteiger partial charge in [-0.2, -0.15) is 10.2 Å². The second kappa shape index (κ2) is 6.21. The van der Waals surface area contributed by atoms with Crippen molar-refractivity contribution in [2.45, 2.75) is 6.54 Å². The van der Waals surface area contributed by atoms with Crippen molar-refractivity contribution in [3.05, 3.63) is 57.6 Å². The van der Waals surface area contributed by atoms with E-state index in [0.29, 0.717) is 29.0 Å². The molecule has 0 unspecified atom stereocenters. The van der Waals surface area contributed by atoms with Crippen molar-refractivity contribution in [1.29, 1.82) is 0 Å². The highest BCUT2D eigenvalue weighted by Crippen LogP contribution is 2.08. The van der Waals surface area contributed by atoms with E-state index in [1.165, 1.54) is 10.9 Å². The van der Waals surface area contributed by atoms with Crippen LogP contribution in [-0.2, 0) is 13.6 Å². The summed E-state index contributed by atoms with van der Waals surface area (Å²) in [6.45, 7) is 0.765. The molecule has 0 aliphatic heterocycles. The van der Waals surface area contributed by atoms with Crippen LogP contribution in [0.1, 0.15) is 10.5 Å². The first-order valence-electron chi connectivity index (χ1n) is 6.98. The normalized spacial score (nSPS) is 10.9. The molecule has 0 fully saturated rings. The number of benzene rings is 1. The monoisotopic (exact) mass is 331 g/mol. The molecule has 2 aromatic heterocycles. The Morgan fingerprint density at radius 3 is 2.87 bits per heavy atom. The lowest BCUT2D eigenvalue weighted by Crippen LogP contribution is -2.33. The van der Waals surface area contributed by atoms with E-state index in [1.54, 1.807) is 36.1 Å². The van der Waals surface area contributed by atoms with Gasteiger partial charge in [-0.05, 0) is 12.1 Å². The van der Waals surface area contributed by atoms with Gasteiger partial charge in [-0.3, -0.25) is 19.0 Å². The number of carbonyl (C=O) groups is 1. The molecule has 3 aromatic rings. The molecule has 1 aromatic carbocycles. The van der Waals surface area contributed by atoms with Gasteiger partial charge in [0.1, 0.15) is 0 Å². The van der Waals surface area contributed by atoms with Gasteiger partial charge in [0.25, 0.3) is 5.91 Å². The highest BCUT2D eigenvalue weighted by molar-refractivity contribution is 6.30. The number of nitrogens with zero attached hydrogens (tertiary/aromatic N) is 4. The van der Waals surface area contributed by atoms with E-state index in [4.69, 9.17) is 11.6 Å². The Morgan fingerprint density at radius 2 is 2.13 bits per heavy atom. The van der Waals surface area contributed by atoms with E-state index >= 15 is 0 Å². The van der Waals surface area contributed by atoms with Crippen LogP contribution in [0.3, 0.4) is 0 Å². The van der Waals surface area contributed by atoms with Crippen molar-refractivity contribution < 1.29 is 4.79 Å². The molecule has 0 aliphatic rings. The van der Waals surface area contributed by atoms with Crippen molar-refractivity contribution in [3.63, 3.8) is 0 Å². The molecule has 0 spiro atoms. The molecule has 118 valence electrons. The largest absolute Gasteiger partial charge is 0.349 e. The number of fused-ring (bicyclic) bond motifs is 1. The van der Waals surface area contributed by atoms with Gasteiger partial charge < -0.3 is 5.32 Å². The van der Waals surface area contributed by atoms with E-state index in [0.717, 1.165) is 0 Å². The number of nitrogens with one attached hydrogen (secondary N) is 1. The quantitative estimate of drug-likeness (QED) is 0.779. The fourth-order valence-corrected chi connectivity index (χ4v) is 2.46. The second-order valence-corrected chi connectivity index (χ2v) is 5.43. The Morgan fingerprint density at radius 1 is 1.35 bits per heavy atom. The third-order valence-corrected chi connectivity index (χ3v) is 3.60. The zero-order valence-corrected chi connectivity index (χ0v) is 13.1. The van der Waals surface area contributed by atoms with Gasteiger partial charge in [-0.15, -0.1) is 0 Å². The minimum atomic E-state index is -0.505. The van der Waals surface area contributed by atoms with E-state index in [-0.39, 0.29) is 11.1 Å². The zero-order valence-electron chi connectivity index (χ0n) is 12.4. The average Bonchev–Trinajstić information content (AvgIpc) is 2.96. The van der Waals surface area contributed by atoms with E-state index in [9.17, 15) is 9.59 Å². The number of amides is 1. The van der Waals surface area contributed by atoms with Gasteiger partial charge in [0.05, 0.1) is 23.3 Å². The first kappa shape index (κ1) is 15.2. The maximum Gasteiger partial charge on any atom is 0.275 e. The number of aromatic nitrogens is 4. The van der Waals surface area contributed by atoms with Gasteiger partial charge in [0.15, 0.2) is 5.69 Å². The number of carbonyl (C=O) groups excluding carboxylic acids is 1. The summed E-state index contributed by atoms with van der Waals surface area (Å²) < 4.78 is 3.13. The number of para-hydroxylation sites is 1.